The molecule has 7 heteroatoms. The molecule has 1 atom stereocenters. The van der Waals surface area contributed by atoms with Crippen LogP contribution in [0.3, 0.4) is 0 Å². The zero-order valence-corrected chi connectivity index (χ0v) is 21.5. The van der Waals surface area contributed by atoms with E-state index in [2.05, 4.69) is 12.1 Å². The maximum atomic E-state index is 13.8. The molecule has 0 radical (unpaired) electrons. The Balaban J connectivity index is 1.51. The molecule has 1 aromatic heterocycles. The minimum Gasteiger partial charge on any atom is -0.490 e. The second kappa shape index (κ2) is 9.46. The average Bonchev–Trinajstić information content (AvgIpc) is 3.67. The molecule has 3 aliphatic rings. The number of nitriles is 1. The van der Waals surface area contributed by atoms with E-state index >= 15 is 0 Å². The molecule has 2 aromatic carbocycles. The van der Waals surface area contributed by atoms with Gasteiger partial charge in [0.15, 0.2) is 0 Å². The summed E-state index contributed by atoms with van der Waals surface area (Å²) >= 11 is 0. The molecule has 1 saturated carbocycles. The molecule has 2 amide bonds. The van der Waals surface area contributed by atoms with Gasteiger partial charge in [-0.25, -0.2) is 4.68 Å². The van der Waals surface area contributed by atoms with Crippen molar-refractivity contribution in [1.29, 1.82) is 5.26 Å². The lowest BCUT2D eigenvalue weighted by Crippen LogP contribution is -2.47. The Bertz CT molecular complexity index is 1550. The van der Waals surface area contributed by atoms with Gasteiger partial charge in [0, 0.05) is 35.4 Å². The van der Waals surface area contributed by atoms with Crippen LogP contribution < -0.4 is 4.74 Å². The van der Waals surface area contributed by atoms with E-state index < -0.39 is 5.91 Å². The van der Waals surface area contributed by atoms with Crippen LogP contribution in [-0.4, -0.2) is 38.6 Å². The summed E-state index contributed by atoms with van der Waals surface area (Å²) in [5.74, 6) is 0.0641. The number of amides is 2. The van der Waals surface area contributed by atoms with Crippen LogP contribution in [0.15, 0.2) is 71.4 Å². The van der Waals surface area contributed by atoms with Crippen molar-refractivity contribution in [2.45, 2.75) is 58.1 Å². The number of fused-ring (bicyclic) bond motifs is 1. The molecule has 0 bridgehead atoms. The maximum Gasteiger partial charge on any atom is 0.271 e. The number of ether oxygens (including phenoxy) is 1. The number of carbonyl (C=O) groups is 2. The van der Waals surface area contributed by atoms with Crippen molar-refractivity contribution in [3.63, 3.8) is 0 Å². The van der Waals surface area contributed by atoms with Crippen molar-refractivity contribution in [1.82, 2.24) is 14.7 Å². The molecule has 2 aliphatic heterocycles. The lowest BCUT2D eigenvalue weighted by molar-refractivity contribution is -0.143. The van der Waals surface area contributed by atoms with E-state index in [1.54, 1.807) is 17.7 Å². The van der Waals surface area contributed by atoms with Crippen LogP contribution in [-0.2, 0) is 16.0 Å². The predicted molar refractivity (Wildman–Crippen MR) is 143 cm³/mol. The SMILES string of the molecule is CC1=C(C#N)C(=O)N(C2CCCC2)C(=O)/C1=C/c1cn(-c2ccccc2)nc1-c1ccc2c(c1)CC(C)O2. The van der Waals surface area contributed by atoms with Gasteiger partial charge in [-0.3, -0.25) is 14.5 Å². The smallest absolute Gasteiger partial charge is 0.271 e. The number of aromatic nitrogens is 2. The fourth-order valence-electron chi connectivity index (χ4n) is 5.75. The minimum absolute atomic E-state index is 0.0309. The Labute approximate surface area is 221 Å². The highest BCUT2D eigenvalue weighted by Gasteiger charge is 2.40. The number of hydrogen-bond acceptors (Lipinski definition) is 5. The van der Waals surface area contributed by atoms with Gasteiger partial charge in [-0.2, -0.15) is 10.4 Å². The first-order valence-corrected chi connectivity index (χ1v) is 13.1. The molecule has 1 aliphatic carbocycles. The van der Waals surface area contributed by atoms with Gasteiger partial charge in [-0.1, -0.05) is 31.0 Å². The van der Waals surface area contributed by atoms with E-state index in [1.165, 1.54) is 4.90 Å². The highest BCUT2D eigenvalue weighted by atomic mass is 16.5. The Kier molecular flexibility index (Phi) is 5.96. The summed E-state index contributed by atoms with van der Waals surface area (Å²) in [5, 5.41) is 14.8. The number of carbonyl (C=O) groups excluding carboxylic acids is 2. The van der Waals surface area contributed by atoms with Crippen molar-refractivity contribution < 1.29 is 14.3 Å². The quantitative estimate of drug-likeness (QED) is 0.351. The molecule has 3 aromatic rings. The Morgan fingerprint density at radius 1 is 1.08 bits per heavy atom. The minimum atomic E-state index is -0.480. The topological polar surface area (TPSA) is 88.2 Å². The summed E-state index contributed by atoms with van der Waals surface area (Å²) in [6.07, 6.45) is 8.12. The van der Waals surface area contributed by atoms with Crippen molar-refractivity contribution in [2.24, 2.45) is 0 Å². The van der Waals surface area contributed by atoms with Crippen LogP contribution in [0.4, 0.5) is 0 Å². The molecule has 38 heavy (non-hydrogen) atoms. The number of benzene rings is 2. The lowest BCUT2D eigenvalue weighted by atomic mass is 9.92. The van der Waals surface area contributed by atoms with E-state index in [1.807, 2.05) is 55.6 Å². The van der Waals surface area contributed by atoms with Crippen LogP contribution in [0.25, 0.3) is 23.0 Å². The molecule has 7 nitrogen and oxygen atoms in total. The molecule has 0 N–H and O–H groups in total. The number of hydrogen-bond donors (Lipinski definition) is 0. The normalized spacial score (nSPS) is 20.7. The standard InChI is InChI=1S/C31H28N4O3/c1-19-14-22-15-21(12-13-28(22)38-19)29-23(18-34(33-29)24-8-4-3-5-9-24)16-26-20(2)27(17-32)31(37)35(30(26)36)25-10-6-7-11-25/h3-5,8-9,12-13,15-16,18-19,25H,6-7,10-11,14H2,1-2H3/b26-16+. The summed E-state index contributed by atoms with van der Waals surface area (Å²) in [4.78, 5) is 28.2. The average molecular weight is 505 g/mol. The number of nitrogens with zero attached hydrogens (tertiary/aromatic N) is 4. The third-order valence-electron chi connectivity index (χ3n) is 7.70. The zero-order valence-electron chi connectivity index (χ0n) is 21.5. The van der Waals surface area contributed by atoms with Crippen LogP contribution in [0, 0.1) is 11.3 Å². The van der Waals surface area contributed by atoms with Gasteiger partial charge in [0.2, 0.25) is 0 Å². The first kappa shape index (κ1) is 23.9. The Hall–Kier alpha value is -4.44. The molecular formula is C31H28N4O3. The number of rotatable bonds is 4. The van der Waals surface area contributed by atoms with Crippen LogP contribution in [0.1, 0.15) is 50.7 Å². The van der Waals surface area contributed by atoms with Gasteiger partial charge in [0.1, 0.15) is 23.5 Å². The van der Waals surface area contributed by atoms with E-state index in [0.29, 0.717) is 16.8 Å². The van der Waals surface area contributed by atoms with Gasteiger partial charge in [0.05, 0.1) is 11.4 Å². The fourth-order valence-corrected chi connectivity index (χ4v) is 5.75. The molecule has 0 spiro atoms. The third-order valence-corrected chi connectivity index (χ3v) is 7.70. The Morgan fingerprint density at radius 3 is 2.58 bits per heavy atom. The van der Waals surface area contributed by atoms with Crippen molar-refractivity contribution in [2.75, 3.05) is 0 Å². The largest absolute Gasteiger partial charge is 0.490 e. The van der Waals surface area contributed by atoms with Crippen molar-refractivity contribution in [3.05, 3.63) is 82.6 Å². The van der Waals surface area contributed by atoms with Gasteiger partial charge in [-0.15, -0.1) is 0 Å². The second-order valence-electron chi connectivity index (χ2n) is 10.3. The summed E-state index contributed by atoms with van der Waals surface area (Å²) in [7, 11) is 0. The van der Waals surface area contributed by atoms with Crippen LogP contribution in [0.2, 0.25) is 0 Å². The highest BCUT2D eigenvalue weighted by Crippen LogP contribution is 2.37. The molecule has 190 valence electrons. The maximum absolute atomic E-state index is 13.8. The monoisotopic (exact) mass is 504 g/mol. The van der Waals surface area contributed by atoms with Crippen molar-refractivity contribution in [3.8, 4) is 28.8 Å². The number of para-hydroxylation sites is 1. The van der Waals surface area contributed by atoms with Crippen molar-refractivity contribution >= 4 is 17.9 Å². The third kappa shape index (κ3) is 4.03. The predicted octanol–water partition coefficient (Wildman–Crippen LogP) is 5.40. The molecular weight excluding hydrogens is 476 g/mol. The molecule has 0 saturated heterocycles. The van der Waals surface area contributed by atoms with Gasteiger partial charge in [0.25, 0.3) is 11.8 Å². The highest BCUT2D eigenvalue weighted by molar-refractivity contribution is 6.20. The fraction of sp³-hybridized carbons (Fsp3) is 0.290. The molecule has 3 heterocycles. The Morgan fingerprint density at radius 2 is 1.84 bits per heavy atom. The van der Waals surface area contributed by atoms with Gasteiger partial charge >= 0.3 is 0 Å². The molecule has 1 unspecified atom stereocenters. The molecule has 6 rings (SSSR count). The van der Waals surface area contributed by atoms with E-state index in [9.17, 15) is 14.9 Å². The van der Waals surface area contributed by atoms with Gasteiger partial charge in [-0.05, 0) is 74.2 Å². The van der Waals surface area contributed by atoms with E-state index in [0.717, 1.165) is 60.2 Å². The van der Waals surface area contributed by atoms with Gasteiger partial charge < -0.3 is 4.74 Å². The summed E-state index contributed by atoms with van der Waals surface area (Å²) in [6.45, 7) is 3.73. The number of imide groups is 1. The first-order valence-electron chi connectivity index (χ1n) is 13.1. The lowest BCUT2D eigenvalue weighted by Gasteiger charge is -2.32. The summed E-state index contributed by atoms with van der Waals surface area (Å²) in [5.41, 5.74) is 5.18. The molecule has 1 fully saturated rings. The van der Waals surface area contributed by atoms with E-state index in [4.69, 9.17) is 9.84 Å². The first-order chi connectivity index (χ1) is 18.4. The van der Waals surface area contributed by atoms with Crippen LogP contribution in [0.5, 0.6) is 5.75 Å². The second-order valence-corrected chi connectivity index (χ2v) is 10.3. The van der Waals surface area contributed by atoms with Crippen LogP contribution >= 0.6 is 0 Å². The van der Waals surface area contributed by atoms with E-state index in [-0.39, 0.29) is 23.6 Å². The summed E-state index contributed by atoms with van der Waals surface area (Å²) < 4.78 is 7.69. The summed E-state index contributed by atoms with van der Waals surface area (Å²) in [6, 6.07) is 17.7. The zero-order chi connectivity index (χ0) is 26.4.